The molecule has 0 saturated heterocycles. The van der Waals surface area contributed by atoms with E-state index in [1.165, 1.54) is 0 Å². The first kappa shape index (κ1) is 17.7. The molecular formula is C21H20N2O3. The minimum atomic E-state index is -1.22. The quantitative estimate of drug-likeness (QED) is 0.817. The smallest absolute Gasteiger partial charge is 0.421 e. The summed E-state index contributed by atoms with van der Waals surface area (Å²) in [5.41, 5.74) is -0.164. The maximum atomic E-state index is 13.5. The second kappa shape index (κ2) is 6.30. The predicted octanol–water partition coefficient (Wildman–Crippen LogP) is 4.17. The Morgan fingerprint density at radius 2 is 1.73 bits per heavy atom. The van der Waals surface area contributed by atoms with Gasteiger partial charge in [0.15, 0.2) is 0 Å². The zero-order chi connectivity index (χ0) is 18.9. The van der Waals surface area contributed by atoms with E-state index in [-0.39, 0.29) is 6.42 Å². The normalized spacial score (nSPS) is 19.0. The van der Waals surface area contributed by atoms with Crippen molar-refractivity contribution >= 4 is 17.7 Å². The number of amides is 2. The second-order valence-corrected chi connectivity index (χ2v) is 7.24. The standard InChI is InChI=1S/C21H20N2O3/c1-20(2,3)26-19(25)23-17-12-8-7-11-16(17)21(13-14-22,18(23)24)15-9-5-4-6-10-15/h4-12H,13H2,1-3H3/t21-/m0/s1. The number of carbonyl (C=O) groups excluding carboxylic acids is 2. The number of nitriles is 1. The maximum Gasteiger partial charge on any atom is 0.421 e. The molecule has 0 unspecified atom stereocenters. The highest BCUT2D eigenvalue weighted by atomic mass is 16.6. The van der Waals surface area contributed by atoms with E-state index in [1.807, 2.05) is 30.3 Å². The minimum absolute atomic E-state index is 0.0633. The van der Waals surface area contributed by atoms with Crippen LogP contribution in [0.4, 0.5) is 10.5 Å². The Morgan fingerprint density at radius 1 is 1.12 bits per heavy atom. The largest absolute Gasteiger partial charge is 0.443 e. The zero-order valence-corrected chi connectivity index (χ0v) is 15.0. The first-order chi connectivity index (χ1) is 12.3. The molecule has 3 rings (SSSR count). The van der Waals surface area contributed by atoms with Crippen LogP contribution in [0.1, 0.15) is 38.3 Å². The lowest BCUT2D eigenvalue weighted by molar-refractivity contribution is -0.121. The molecule has 1 aliphatic rings. The Morgan fingerprint density at radius 3 is 2.35 bits per heavy atom. The molecule has 1 aliphatic heterocycles. The van der Waals surface area contributed by atoms with Crippen LogP contribution < -0.4 is 4.90 Å². The van der Waals surface area contributed by atoms with Crippen LogP contribution >= 0.6 is 0 Å². The number of benzene rings is 2. The first-order valence-electron chi connectivity index (χ1n) is 8.41. The highest BCUT2D eigenvalue weighted by Gasteiger charge is 2.54. The van der Waals surface area contributed by atoms with Crippen LogP contribution in [0.15, 0.2) is 54.6 Å². The van der Waals surface area contributed by atoms with Crippen molar-refractivity contribution in [1.82, 2.24) is 0 Å². The van der Waals surface area contributed by atoms with Gasteiger partial charge in [-0.25, -0.2) is 9.69 Å². The molecule has 0 aliphatic carbocycles. The van der Waals surface area contributed by atoms with Crippen molar-refractivity contribution < 1.29 is 14.3 Å². The van der Waals surface area contributed by atoms with Crippen LogP contribution in [-0.4, -0.2) is 17.6 Å². The van der Waals surface area contributed by atoms with Crippen molar-refractivity contribution in [2.75, 3.05) is 4.90 Å². The van der Waals surface area contributed by atoms with Crippen molar-refractivity contribution in [2.24, 2.45) is 0 Å². The predicted molar refractivity (Wildman–Crippen MR) is 97.6 cm³/mol. The number of hydrogen-bond acceptors (Lipinski definition) is 4. The number of rotatable bonds is 2. The fraction of sp³-hybridized carbons (Fsp3) is 0.286. The fourth-order valence-corrected chi connectivity index (χ4v) is 3.33. The second-order valence-electron chi connectivity index (χ2n) is 7.24. The molecule has 0 saturated carbocycles. The number of carbonyl (C=O) groups is 2. The highest BCUT2D eigenvalue weighted by Crippen LogP contribution is 2.48. The average molecular weight is 348 g/mol. The lowest BCUT2D eigenvalue weighted by Crippen LogP contribution is -2.45. The van der Waals surface area contributed by atoms with Crippen molar-refractivity contribution in [2.45, 2.75) is 38.2 Å². The molecule has 5 nitrogen and oxygen atoms in total. The Hall–Kier alpha value is -3.13. The molecule has 0 bridgehead atoms. The van der Waals surface area contributed by atoms with Crippen molar-refractivity contribution in [3.8, 4) is 6.07 Å². The van der Waals surface area contributed by atoms with Gasteiger partial charge in [0.05, 0.1) is 18.2 Å². The number of para-hydroxylation sites is 1. The van der Waals surface area contributed by atoms with Gasteiger partial charge in [-0.15, -0.1) is 0 Å². The van der Waals surface area contributed by atoms with Gasteiger partial charge in [0.1, 0.15) is 11.0 Å². The van der Waals surface area contributed by atoms with Gasteiger partial charge < -0.3 is 4.74 Å². The molecule has 26 heavy (non-hydrogen) atoms. The third-order valence-corrected chi connectivity index (χ3v) is 4.36. The molecule has 0 aromatic heterocycles. The van der Waals surface area contributed by atoms with Gasteiger partial charge in [0.2, 0.25) is 0 Å². The SMILES string of the molecule is CC(C)(C)OC(=O)N1C(=O)[C@@](CC#N)(c2ccccc2)c2ccccc21. The lowest BCUT2D eigenvalue weighted by Gasteiger charge is -2.27. The molecule has 132 valence electrons. The van der Waals surface area contributed by atoms with Crippen LogP contribution in [0.25, 0.3) is 0 Å². The van der Waals surface area contributed by atoms with Crippen LogP contribution in [0, 0.1) is 11.3 Å². The van der Waals surface area contributed by atoms with E-state index < -0.39 is 23.0 Å². The van der Waals surface area contributed by atoms with E-state index >= 15 is 0 Å². The number of imide groups is 1. The van der Waals surface area contributed by atoms with Crippen molar-refractivity contribution in [1.29, 1.82) is 5.26 Å². The molecule has 2 amide bonds. The van der Waals surface area contributed by atoms with E-state index in [0.717, 1.165) is 4.90 Å². The van der Waals surface area contributed by atoms with Gasteiger partial charge in [0, 0.05) is 0 Å². The fourth-order valence-electron chi connectivity index (χ4n) is 3.33. The molecule has 0 spiro atoms. The van der Waals surface area contributed by atoms with Crippen molar-refractivity contribution in [3.05, 3.63) is 65.7 Å². The molecule has 0 radical (unpaired) electrons. The molecule has 2 aromatic rings. The van der Waals surface area contributed by atoms with Crippen LogP contribution in [0.3, 0.4) is 0 Å². The van der Waals surface area contributed by atoms with Crippen molar-refractivity contribution in [3.63, 3.8) is 0 Å². The lowest BCUT2D eigenvalue weighted by atomic mass is 9.73. The first-order valence-corrected chi connectivity index (χ1v) is 8.41. The Labute approximate surface area is 152 Å². The minimum Gasteiger partial charge on any atom is -0.443 e. The molecule has 2 aromatic carbocycles. The number of nitrogens with zero attached hydrogens (tertiary/aromatic N) is 2. The summed E-state index contributed by atoms with van der Waals surface area (Å²) in [4.78, 5) is 27.3. The monoisotopic (exact) mass is 348 g/mol. The zero-order valence-electron chi connectivity index (χ0n) is 15.0. The Balaban J connectivity index is 2.21. The maximum absolute atomic E-state index is 13.5. The van der Waals surface area contributed by atoms with Gasteiger partial charge in [-0.1, -0.05) is 48.5 Å². The van der Waals surface area contributed by atoms with E-state index in [1.54, 1.807) is 45.0 Å². The van der Waals surface area contributed by atoms with Crippen LogP contribution in [-0.2, 0) is 14.9 Å². The molecule has 1 atom stereocenters. The Kier molecular flexibility index (Phi) is 4.29. The summed E-state index contributed by atoms with van der Waals surface area (Å²) in [5.74, 6) is -0.458. The molecular weight excluding hydrogens is 328 g/mol. The number of fused-ring (bicyclic) bond motifs is 1. The van der Waals surface area contributed by atoms with Gasteiger partial charge in [-0.3, -0.25) is 4.79 Å². The highest BCUT2D eigenvalue weighted by molar-refractivity contribution is 6.22. The number of hydrogen-bond donors (Lipinski definition) is 0. The van der Waals surface area contributed by atoms with E-state index in [2.05, 4.69) is 6.07 Å². The number of anilines is 1. The average Bonchev–Trinajstić information content (AvgIpc) is 2.84. The van der Waals surface area contributed by atoms with E-state index in [9.17, 15) is 14.9 Å². The number of ether oxygens (including phenoxy) is 1. The summed E-state index contributed by atoms with van der Waals surface area (Å²) in [6.45, 7) is 5.24. The summed E-state index contributed by atoms with van der Waals surface area (Å²) < 4.78 is 5.44. The van der Waals surface area contributed by atoms with Gasteiger partial charge in [-0.2, -0.15) is 5.26 Å². The van der Waals surface area contributed by atoms with Crippen LogP contribution in [0.5, 0.6) is 0 Å². The van der Waals surface area contributed by atoms with E-state index in [4.69, 9.17) is 4.74 Å². The summed E-state index contributed by atoms with van der Waals surface area (Å²) in [7, 11) is 0. The third-order valence-electron chi connectivity index (χ3n) is 4.36. The summed E-state index contributed by atoms with van der Waals surface area (Å²) >= 11 is 0. The molecule has 1 heterocycles. The third kappa shape index (κ3) is 2.74. The molecule has 0 N–H and O–H groups in total. The van der Waals surface area contributed by atoms with E-state index in [0.29, 0.717) is 16.8 Å². The topological polar surface area (TPSA) is 70.4 Å². The van der Waals surface area contributed by atoms with Gasteiger partial charge >= 0.3 is 6.09 Å². The van der Waals surface area contributed by atoms with Gasteiger partial charge in [-0.05, 0) is 38.0 Å². The Bertz CT molecular complexity index is 893. The van der Waals surface area contributed by atoms with Gasteiger partial charge in [0.25, 0.3) is 5.91 Å². The molecule has 5 heteroatoms. The summed E-state index contributed by atoms with van der Waals surface area (Å²) in [6, 6.07) is 18.3. The summed E-state index contributed by atoms with van der Waals surface area (Å²) in [6.07, 6.45) is -0.794. The molecule has 0 fully saturated rings. The summed E-state index contributed by atoms with van der Waals surface area (Å²) in [5, 5.41) is 9.47. The van der Waals surface area contributed by atoms with Crippen LogP contribution in [0.2, 0.25) is 0 Å².